The summed E-state index contributed by atoms with van der Waals surface area (Å²) in [5, 5.41) is 9.21. The number of nitrogens with one attached hydrogen (secondary N) is 1. The number of nitrogens with zero attached hydrogens (tertiary/aromatic N) is 1. The topological polar surface area (TPSA) is 17.0 Å². The van der Waals surface area contributed by atoms with Crippen LogP contribution in [0.25, 0.3) is 60.5 Å². The Labute approximate surface area is 320 Å². The molecule has 1 N–H and O–H groups in total. The highest BCUT2D eigenvalue weighted by atomic mass is 15.0. The average Bonchev–Trinajstić information content (AvgIpc) is 3.61. The molecule has 264 valence electrons. The molecule has 0 saturated carbocycles. The van der Waals surface area contributed by atoms with Crippen LogP contribution in [0.5, 0.6) is 0 Å². The minimum absolute atomic E-state index is 0.0660. The van der Waals surface area contributed by atoms with E-state index in [1.807, 2.05) is 0 Å². The van der Waals surface area contributed by atoms with E-state index < -0.39 is 0 Å². The molecule has 7 aromatic carbocycles. The Morgan fingerprint density at radius 2 is 1.30 bits per heavy atom. The van der Waals surface area contributed by atoms with Gasteiger partial charge in [-0.15, -0.1) is 0 Å². The smallest absolute Gasteiger partial charge is 0.198 e. The van der Waals surface area contributed by atoms with Crippen LogP contribution in [0.4, 0.5) is 11.4 Å². The minimum Gasteiger partial charge on any atom is -0.355 e. The zero-order valence-corrected chi connectivity index (χ0v) is 32.8. The highest BCUT2D eigenvalue weighted by Crippen LogP contribution is 2.50. The SMILES string of the molecule is CC(C)(C)c1ccc(Nc2ccccc2-c2cc(C(C)(C)C)c3c4c5ccccc5ccc4n4c3c2Bc2cc3c(cc2-4)-c2ccccc2C3(C)C)cc1. The first-order chi connectivity index (χ1) is 25.8. The molecular formula is C51H47BN2. The largest absolute Gasteiger partial charge is 0.355 e. The standard InChI is InChI=1S/C51H47BN2/c1-49(2,3)31-22-24-32(25-23-31)53-42-20-14-12-18-35(42)37-27-40(50(4,5)6)46-45-33-16-10-9-15-30(33)21-26-43(45)54-44-28-36-34-17-11-13-19-38(34)51(7,8)39(36)29-41(44)52-47(37)48(46)54/h9-29,52-53H,1-8H3. The van der Waals surface area contributed by atoms with Crippen molar-refractivity contribution in [3.05, 3.63) is 150 Å². The van der Waals surface area contributed by atoms with Crippen LogP contribution in [-0.4, -0.2) is 11.8 Å². The van der Waals surface area contributed by atoms with Gasteiger partial charge in [0.25, 0.3) is 0 Å². The predicted octanol–water partition coefficient (Wildman–Crippen LogP) is 11.9. The lowest BCUT2D eigenvalue weighted by Crippen LogP contribution is -2.38. The summed E-state index contributed by atoms with van der Waals surface area (Å²) in [6.45, 7) is 18.7. The van der Waals surface area contributed by atoms with Gasteiger partial charge in [0.1, 0.15) is 0 Å². The van der Waals surface area contributed by atoms with Crippen LogP contribution in [-0.2, 0) is 16.2 Å². The molecule has 0 radical (unpaired) electrons. The highest BCUT2D eigenvalue weighted by molar-refractivity contribution is 6.73. The molecule has 2 aliphatic rings. The van der Waals surface area contributed by atoms with Gasteiger partial charge in [0, 0.05) is 44.3 Å². The molecule has 0 atom stereocenters. The van der Waals surface area contributed by atoms with Crippen molar-refractivity contribution in [2.45, 2.75) is 71.6 Å². The molecule has 54 heavy (non-hydrogen) atoms. The maximum absolute atomic E-state index is 3.86. The van der Waals surface area contributed by atoms with Gasteiger partial charge >= 0.3 is 0 Å². The summed E-state index contributed by atoms with van der Waals surface area (Å²) in [6.07, 6.45) is 0. The van der Waals surface area contributed by atoms with Crippen molar-refractivity contribution in [1.82, 2.24) is 4.57 Å². The summed E-state index contributed by atoms with van der Waals surface area (Å²) in [6, 6.07) is 48.2. The van der Waals surface area contributed by atoms with E-state index in [1.165, 1.54) is 93.7 Å². The average molecular weight is 699 g/mol. The fraction of sp³-hybridized carbons (Fsp3) is 0.216. The van der Waals surface area contributed by atoms with Crippen LogP contribution < -0.4 is 16.2 Å². The van der Waals surface area contributed by atoms with E-state index in [-0.39, 0.29) is 16.2 Å². The summed E-state index contributed by atoms with van der Waals surface area (Å²) in [4.78, 5) is 0. The summed E-state index contributed by atoms with van der Waals surface area (Å²) >= 11 is 0. The third-order valence-corrected chi connectivity index (χ3v) is 12.5. The number of para-hydroxylation sites is 1. The molecule has 0 fully saturated rings. The molecule has 1 aromatic heterocycles. The molecule has 0 spiro atoms. The molecule has 2 nitrogen and oxygen atoms in total. The fourth-order valence-electron chi connectivity index (χ4n) is 9.66. The maximum Gasteiger partial charge on any atom is 0.198 e. The van der Waals surface area contributed by atoms with Crippen molar-refractivity contribution in [1.29, 1.82) is 0 Å². The number of hydrogen-bond donors (Lipinski definition) is 1. The van der Waals surface area contributed by atoms with Gasteiger partial charge in [-0.1, -0.05) is 158 Å². The molecule has 10 rings (SSSR count). The van der Waals surface area contributed by atoms with Crippen LogP contribution in [0, 0.1) is 0 Å². The molecule has 3 heteroatoms. The normalized spacial score (nSPS) is 14.2. The number of aromatic nitrogens is 1. The molecule has 0 bridgehead atoms. The van der Waals surface area contributed by atoms with Gasteiger partial charge < -0.3 is 9.88 Å². The second kappa shape index (κ2) is 11.2. The lowest BCUT2D eigenvalue weighted by molar-refractivity contribution is 0.590. The molecule has 0 unspecified atom stereocenters. The Balaban J connectivity index is 1.30. The third-order valence-electron chi connectivity index (χ3n) is 12.5. The van der Waals surface area contributed by atoms with Crippen LogP contribution >= 0.6 is 0 Å². The van der Waals surface area contributed by atoms with Gasteiger partial charge in [-0.25, -0.2) is 0 Å². The monoisotopic (exact) mass is 698 g/mol. The second-order valence-electron chi connectivity index (χ2n) is 18.3. The maximum atomic E-state index is 3.86. The first-order valence-electron chi connectivity index (χ1n) is 19.6. The Kier molecular flexibility index (Phi) is 6.89. The predicted molar refractivity (Wildman–Crippen MR) is 235 cm³/mol. The van der Waals surface area contributed by atoms with E-state index in [4.69, 9.17) is 0 Å². The van der Waals surface area contributed by atoms with Gasteiger partial charge in [0.15, 0.2) is 7.28 Å². The first kappa shape index (κ1) is 33.1. The molecule has 8 aromatic rings. The van der Waals surface area contributed by atoms with Crippen LogP contribution in [0.15, 0.2) is 127 Å². The molecule has 2 heterocycles. The van der Waals surface area contributed by atoms with Crippen LogP contribution in [0.2, 0.25) is 0 Å². The Hall–Kier alpha value is -5.54. The molecular weight excluding hydrogens is 651 g/mol. The van der Waals surface area contributed by atoms with E-state index in [9.17, 15) is 0 Å². The second-order valence-corrected chi connectivity index (χ2v) is 18.3. The zero-order valence-electron chi connectivity index (χ0n) is 32.8. The van der Waals surface area contributed by atoms with E-state index in [0.717, 1.165) is 18.7 Å². The van der Waals surface area contributed by atoms with E-state index >= 15 is 0 Å². The van der Waals surface area contributed by atoms with Crippen molar-refractivity contribution < 1.29 is 0 Å². The van der Waals surface area contributed by atoms with Crippen LogP contribution in [0.3, 0.4) is 0 Å². The quantitative estimate of drug-likeness (QED) is 0.182. The van der Waals surface area contributed by atoms with E-state index in [1.54, 1.807) is 0 Å². The van der Waals surface area contributed by atoms with E-state index in [0.29, 0.717) is 0 Å². The van der Waals surface area contributed by atoms with Gasteiger partial charge in [-0.3, -0.25) is 0 Å². The number of hydrogen-bond acceptors (Lipinski definition) is 1. The number of rotatable bonds is 3. The summed E-state index contributed by atoms with van der Waals surface area (Å²) in [5.74, 6) is 0. The van der Waals surface area contributed by atoms with Gasteiger partial charge in [0.05, 0.1) is 5.52 Å². The zero-order chi connectivity index (χ0) is 37.3. The molecule has 1 aliphatic carbocycles. The van der Waals surface area contributed by atoms with Crippen molar-refractivity contribution in [2.75, 3.05) is 5.32 Å². The van der Waals surface area contributed by atoms with Crippen molar-refractivity contribution >= 4 is 62.2 Å². The number of anilines is 2. The Morgan fingerprint density at radius 3 is 2.06 bits per heavy atom. The lowest BCUT2D eigenvalue weighted by atomic mass is 9.57. The third kappa shape index (κ3) is 4.73. The molecule has 1 aliphatic heterocycles. The van der Waals surface area contributed by atoms with Gasteiger partial charge in [-0.05, 0) is 96.3 Å². The summed E-state index contributed by atoms with van der Waals surface area (Å²) in [5.41, 5.74) is 19.7. The van der Waals surface area contributed by atoms with Gasteiger partial charge in [0.2, 0.25) is 0 Å². The van der Waals surface area contributed by atoms with Crippen molar-refractivity contribution in [2.24, 2.45) is 0 Å². The Morgan fingerprint density at radius 1 is 0.593 bits per heavy atom. The van der Waals surface area contributed by atoms with Crippen molar-refractivity contribution in [3.8, 4) is 27.9 Å². The first-order valence-corrected chi connectivity index (χ1v) is 19.6. The summed E-state index contributed by atoms with van der Waals surface area (Å²) in [7, 11) is 0.869. The van der Waals surface area contributed by atoms with Crippen LogP contribution in [0.1, 0.15) is 77.6 Å². The highest BCUT2D eigenvalue weighted by Gasteiger charge is 2.38. The number of fused-ring (bicyclic) bond motifs is 10. The minimum atomic E-state index is -0.102. The van der Waals surface area contributed by atoms with E-state index in [2.05, 4.69) is 193 Å². The van der Waals surface area contributed by atoms with Gasteiger partial charge in [-0.2, -0.15) is 0 Å². The summed E-state index contributed by atoms with van der Waals surface area (Å²) < 4.78 is 2.64. The van der Waals surface area contributed by atoms with Crippen molar-refractivity contribution in [3.63, 3.8) is 0 Å². The lowest BCUT2D eigenvalue weighted by Gasteiger charge is -2.29. The fourth-order valence-corrected chi connectivity index (χ4v) is 9.66. The molecule has 0 saturated heterocycles. The Bertz CT molecular complexity index is 2860. The molecule has 0 amide bonds. The number of benzene rings is 7.